The Kier molecular flexibility index (Phi) is 5.33. The lowest BCUT2D eigenvalue weighted by atomic mass is 10.2. The van der Waals surface area contributed by atoms with Crippen molar-refractivity contribution in [1.82, 2.24) is 4.31 Å². The summed E-state index contributed by atoms with van der Waals surface area (Å²) in [5.41, 5.74) is 0.891. The molecule has 2 aromatic carbocycles. The fourth-order valence-electron chi connectivity index (χ4n) is 3.68. The van der Waals surface area contributed by atoms with Crippen LogP contribution in [-0.4, -0.2) is 50.0 Å². The fourth-order valence-corrected chi connectivity index (χ4v) is 5.38. The van der Waals surface area contributed by atoms with Crippen LogP contribution in [0.5, 0.6) is 5.75 Å². The van der Waals surface area contributed by atoms with Crippen LogP contribution in [0.4, 0.5) is 5.69 Å². The molecule has 154 valence electrons. The van der Waals surface area contributed by atoms with E-state index in [1.165, 1.54) is 16.4 Å². The van der Waals surface area contributed by atoms with Crippen molar-refractivity contribution in [2.75, 3.05) is 18.5 Å². The summed E-state index contributed by atoms with van der Waals surface area (Å²) in [6.07, 6.45) is 0.775. The van der Waals surface area contributed by atoms with E-state index in [9.17, 15) is 13.2 Å². The van der Waals surface area contributed by atoms with Crippen LogP contribution in [-0.2, 0) is 14.8 Å². The van der Waals surface area contributed by atoms with Gasteiger partial charge in [-0.25, -0.2) is 8.42 Å². The van der Waals surface area contributed by atoms with E-state index >= 15 is 0 Å². The third-order valence-corrected chi connectivity index (χ3v) is 6.95. The summed E-state index contributed by atoms with van der Waals surface area (Å²) >= 11 is 0. The molecule has 2 aliphatic rings. The third kappa shape index (κ3) is 4.14. The number of hydrogen-bond acceptors (Lipinski definition) is 5. The highest BCUT2D eigenvalue weighted by molar-refractivity contribution is 7.89. The van der Waals surface area contributed by atoms with Gasteiger partial charge >= 0.3 is 0 Å². The number of fused-ring (bicyclic) bond motifs is 2. The van der Waals surface area contributed by atoms with Gasteiger partial charge in [-0.3, -0.25) is 4.79 Å². The Hall–Kier alpha value is -2.42. The molecule has 7 nitrogen and oxygen atoms in total. The molecular weight excluding hydrogens is 392 g/mol. The highest BCUT2D eigenvalue weighted by atomic mass is 32.2. The monoisotopic (exact) mass is 416 g/mol. The Labute approximate surface area is 170 Å². The zero-order chi connectivity index (χ0) is 20.6. The first-order valence-corrected chi connectivity index (χ1v) is 11.1. The molecule has 0 spiro atoms. The van der Waals surface area contributed by atoms with E-state index in [1.807, 2.05) is 13.8 Å². The number of hydrogen-bond donors (Lipinski definition) is 1. The zero-order valence-corrected chi connectivity index (χ0v) is 17.2. The molecule has 0 unspecified atom stereocenters. The third-order valence-electron chi connectivity index (χ3n) is 5.04. The molecule has 4 rings (SSSR count). The first-order valence-electron chi connectivity index (χ1n) is 9.64. The molecule has 1 amide bonds. The molecule has 29 heavy (non-hydrogen) atoms. The second-order valence-electron chi connectivity index (χ2n) is 7.59. The molecule has 2 atom stereocenters. The fraction of sp³-hybridized carbons (Fsp3) is 0.381. The average molecular weight is 416 g/mol. The molecule has 0 radical (unpaired) electrons. The van der Waals surface area contributed by atoms with Gasteiger partial charge in [-0.1, -0.05) is 6.07 Å². The molecular formula is C21H24N2O5S. The van der Waals surface area contributed by atoms with E-state index in [4.69, 9.17) is 9.47 Å². The van der Waals surface area contributed by atoms with Crippen LogP contribution in [0.15, 0.2) is 53.4 Å². The highest BCUT2D eigenvalue weighted by Gasteiger charge is 2.45. The summed E-state index contributed by atoms with van der Waals surface area (Å²) in [7, 11) is -3.66. The molecule has 0 aliphatic carbocycles. The number of morpholine rings is 1. The van der Waals surface area contributed by atoms with E-state index in [0.717, 1.165) is 12.2 Å². The van der Waals surface area contributed by atoms with Crippen LogP contribution in [0.25, 0.3) is 0 Å². The van der Waals surface area contributed by atoms with Crippen molar-refractivity contribution in [2.24, 2.45) is 0 Å². The lowest BCUT2D eigenvalue weighted by molar-refractivity contribution is 0.0608. The molecule has 0 aromatic heterocycles. The number of sulfonamides is 1. The molecule has 2 fully saturated rings. The van der Waals surface area contributed by atoms with Crippen LogP contribution in [0.2, 0.25) is 0 Å². The number of carbonyl (C=O) groups excluding carboxylic acids is 1. The maximum atomic E-state index is 13.0. The quantitative estimate of drug-likeness (QED) is 0.783. The van der Waals surface area contributed by atoms with E-state index in [2.05, 4.69) is 5.32 Å². The number of amides is 1. The molecule has 0 saturated carbocycles. The molecule has 2 saturated heterocycles. The Morgan fingerprint density at radius 1 is 1.21 bits per heavy atom. The summed E-state index contributed by atoms with van der Waals surface area (Å²) in [5, 5.41) is 2.79. The average Bonchev–Trinajstić information content (AvgIpc) is 3.33. The van der Waals surface area contributed by atoms with Crippen LogP contribution in [0.3, 0.4) is 0 Å². The number of ether oxygens (including phenoxy) is 2. The van der Waals surface area contributed by atoms with Gasteiger partial charge in [0.2, 0.25) is 10.0 Å². The largest absolute Gasteiger partial charge is 0.491 e. The number of nitrogens with zero attached hydrogens (tertiary/aromatic N) is 1. The lowest BCUT2D eigenvalue weighted by Gasteiger charge is -2.26. The highest BCUT2D eigenvalue weighted by Crippen LogP contribution is 2.33. The van der Waals surface area contributed by atoms with Gasteiger partial charge in [-0.05, 0) is 62.7 Å². The topological polar surface area (TPSA) is 84.9 Å². The second kappa shape index (κ2) is 7.78. The zero-order valence-electron chi connectivity index (χ0n) is 16.4. The Bertz CT molecular complexity index is 1000. The van der Waals surface area contributed by atoms with Crippen LogP contribution < -0.4 is 10.1 Å². The number of nitrogens with one attached hydrogen (secondary N) is 1. The molecule has 2 bridgehead atoms. The number of anilines is 1. The van der Waals surface area contributed by atoms with E-state index in [0.29, 0.717) is 18.8 Å². The van der Waals surface area contributed by atoms with Gasteiger partial charge in [0.05, 0.1) is 29.8 Å². The Morgan fingerprint density at radius 2 is 1.97 bits per heavy atom. The maximum Gasteiger partial charge on any atom is 0.255 e. The summed E-state index contributed by atoms with van der Waals surface area (Å²) < 4.78 is 38.6. The van der Waals surface area contributed by atoms with Gasteiger partial charge in [0.1, 0.15) is 5.75 Å². The summed E-state index contributed by atoms with van der Waals surface area (Å²) in [6.45, 7) is 4.68. The number of rotatable bonds is 6. The standard InChI is InChI=1S/C21H24N2O5S/c1-14(2)28-18-8-6-16(7-9-18)22-21(24)15-4-3-5-20(10-15)29(25,26)23-12-19-11-17(23)13-27-19/h3-10,14,17,19H,11-13H2,1-2H3,(H,22,24)/t17-,19-/m0/s1. The van der Waals surface area contributed by atoms with Crippen molar-refractivity contribution in [1.29, 1.82) is 0 Å². The van der Waals surface area contributed by atoms with Crippen molar-refractivity contribution >= 4 is 21.6 Å². The van der Waals surface area contributed by atoms with E-state index in [1.54, 1.807) is 36.4 Å². The first kappa shape index (κ1) is 19.9. The van der Waals surface area contributed by atoms with Crippen molar-refractivity contribution in [3.8, 4) is 5.75 Å². The molecule has 2 heterocycles. The minimum Gasteiger partial charge on any atom is -0.491 e. The van der Waals surface area contributed by atoms with Crippen LogP contribution in [0.1, 0.15) is 30.6 Å². The molecule has 2 aliphatic heterocycles. The molecule has 2 aromatic rings. The van der Waals surface area contributed by atoms with Gasteiger partial charge in [-0.15, -0.1) is 0 Å². The van der Waals surface area contributed by atoms with Gasteiger partial charge in [0.15, 0.2) is 0 Å². The number of carbonyl (C=O) groups is 1. The predicted molar refractivity (Wildman–Crippen MR) is 109 cm³/mol. The predicted octanol–water partition coefficient (Wildman–Crippen LogP) is 2.89. The van der Waals surface area contributed by atoms with E-state index in [-0.39, 0.29) is 34.6 Å². The summed E-state index contributed by atoms with van der Waals surface area (Å²) in [5.74, 6) is 0.348. The number of benzene rings is 2. The molecule has 8 heteroatoms. The van der Waals surface area contributed by atoms with Gasteiger partial charge in [0, 0.05) is 17.8 Å². The Morgan fingerprint density at radius 3 is 2.59 bits per heavy atom. The lowest BCUT2D eigenvalue weighted by Crippen LogP contribution is -2.41. The van der Waals surface area contributed by atoms with Crippen LogP contribution >= 0.6 is 0 Å². The Balaban J connectivity index is 1.49. The second-order valence-corrected chi connectivity index (χ2v) is 9.48. The van der Waals surface area contributed by atoms with Crippen molar-refractivity contribution in [2.45, 2.75) is 43.4 Å². The minimum atomic E-state index is -3.66. The van der Waals surface area contributed by atoms with Crippen molar-refractivity contribution in [3.05, 3.63) is 54.1 Å². The molecule has 1 N–H and O–H groups in total. The van der Waals surface area contributed by atoms with Crippen LogP contribution in [0, 0.1) is 0 Å². The first-order chi connectivity index (χ1) is 13.8. The van der Waals surface area contributed by atoms with Gasteiger partial charge < -0.3 is 14.8 Å². The van der Waals surface area contributed by atoms with Gasteiger partial charge in [0.25, 0.3) is 5.91 Å². The SMILES string of the molecule is CC(C)Oc1ccc(NC(=O)c2cccc(S(=O)(=O)N3C[C@@H]4C[C@H]3CO4)c2)cc1. The smallest absolute Gasteiger partial charge is 0.255 e. The normalized spacial score (nSPS) is 21.5. The minimum absolute atomic E-state index is 0.0242. The van der Waals surface area contributed by atoms with Crippen molar-refractivity contribution in [3.63, 3.8) is 0 Å². The van der Waals surface area contributed by atoms with E-state index < -0.39 is 10.0 Å². The maximum absolute atomic E-state index is 13.0. The van der Waals surface area contributed by atoms with Crippen molar-refractivity contribution < 1.29 is 22.7 Å². The van der Waals surface area contributed by atoms with Gasteiger partial charge in [-0.2, -0.15) is 4.31 Å². The summed E-state index contributed by atoms with van der Waals surface area (Å²) in [4.78, 5) is 12.8. The summed E-state index contributed by atoms with van der Waals surface area (Å²) in [6, 6.07) is 13.1.